The minimum Gasteiger partial charge on any atom is -0.379 e. The summed E-state index contributed by atoms with van der Waals surface area (Å²) in [6.45, 7) is 3.40. The van der Waals surface area contributed by atoms with Gasteiger partial charge in [-0.3, -0.25) is 0 Å². The van der Waals surface area contributed by atoms with Crippen molar-refractivity contribution in [1.82, 2.24) is 0 Å². The van der Waals surface area contributed by atoms with E-state index < -0.39 is 0 Å². The molecule has 0 bridgehead atoms. The summed E-state index contributed by atoms with van der Waals surface area (Å²) in [5.74, 6) is 0. The van der Waals surface area contributed by atoms with Gasteiger partial charge in [-0.15, -0.1) is 0 Å². The molecule has 0 heterocycles. The molecule has 0 atom stereocenters. The van der Waals surface area contributed by atoms with Crippen molar-refractivity contribution in [2.75, 3.05) is 39.5 Å². The highest BCUT2D eigenvalue weighted by molar-refractivity contribution is 4.43. The highest BCUT2D eigenvalue weighted by atomic mass is 16.5. The summed E-state index contributed by atoms with van der Waals surface area (Å²) >= 11 is 0. The highest BCUT2D eigenvalue weighted by Gasteiger charge is 1.88. The van der Waals surface area contributed by atoms with Crippen LogP contribution in [0.4, 0.5) is 0 Å². The lowest BCUT2D eigenvalue weighted by Crippen LogP contribution is -2.52. The molecular weight excluding hydrogens is 172 g/mol. The quantitative estimate of drug-likeness (QED) is 0.257. The van der Waals surface area contributed by atoms with Crippen molar-refractivity contribution in [2.45, 2.75) is 7.43 Å². The lowest BCUT2D eigenvalue weighted by molar-refractivity contribution is -0.374. The number of quaternary nitrogens is 1. The first-order chi connectivity index (χ1) is 5.91. The highest BCUT2D eigenvalue weighted by Crippen LogP contribution is 1.79. The summed E-state index contributed by atoms with van der Waals surface area (Å²) in [6, 6.07) is 0. The zero-order valence-electron chi connectivity index (χ0n) is 7.11. The molecule has 0 aliphatic carbocycles. The van der Waals surface area contributed by atoms with Gasteiger partial charge in [0.15, 0.2) is 0 Å². The van der Waals surface area contributed by atoms with Crippen LogP contribution in [-0.2, 0) is 9.47 Å². The van der Waals surface area contributed by atoms with E-state index in [4.69, 9.17) is 15.0 Å². The largest absolute Gasteiger partial charge is 0.379 e. The van der Waals surface area contributed by atoms with Crippen molar-refractivity contribution in [3.05, 3.63) is 10.4 Å². The molecule has 0 aromatic heterocycles. The SMILES string of the molecule is C.[N-]=[N+]=NCCOCCOCC[NH3+]. The van der Waals surface area contributed by atoms with Crippen LogP contribution in [0.3, 0.4) is 0 Å². The van der Waals surface area contributed by atoms with Crippen molar-refractivity contribution in [3.63, 3.8) is 0 Å². The van der Waals surface area contributed by atoms with E-state index in [9.17, 15) is 0 Å². The van der Waals surface area contributed by atoms with Crippen molar-refractivity contribution in [1.29, 1.82) is 0 Å². The smallest absolute Gasteiger partial charge is 0.0977 e. The first kappa shape index (κ1) is 14.7. The average molecular weight is 191 g/mol. The van der Waals surface area contributed by atoms with Crippen molar-refractivity contribution in [3.8, 4) is 0 Å². The molecule has 0 aromatic carbocycles. The molecule has 0 aromatic rings. The monoisotopic (exact) mass is 191 g/mol. The molecule has 0 saturated heterocycles. The molecule has 78 valence electrons. The van der Waals surface area contributed by atoms with E-state index in [1.54, 1.807) is 0 Å². The fourth-order valence-corrected chi connectivity index (χ4v) is 0.574. The second-order valence-corrected chi connectivity index (χ2v) is 2.03. The Hall–Kier alpha value is -0.810. The predicted octanol–water partition coefficient (Wildman–Crippen LogP) is 0.208. The van der Waals surface area contributed by atoms with E-state index in [0.717, 1.165) is 6.54 Å². The Morgan fingerprint density at radius 3 is 2.31 bits per heavy atom. The van der Waals surface area contributed by atoms with E-state index >= 15 is 0 Å². The van der Waals surface area contributed by atoms with E-state index in [-0.39, 0.29) is 7.43 Å². The molecule has 0 saturated carbocycles. The van der Waals surface area contributed by atoms with Crippen LogP contribution < -0.4 is 5.73 Å². The van der Waals surface area contributed by atoms with Gasteiger partial charge in [-0.1, -0.05) is 12.5 Å². The van der Waals surface area contributed by atoms with Gasteiger partial charge >= 0.3 is 0 Å². The van der Waals surface area contributed by atoms with Gasteiger partial charge < -0.3 is 15.2 Å². The normalized spacial score (nSPS) is 8.69. The molecule has 0 radical (unpaired) electrons. The molecule has 6 heteroatoms. The van der Waals surface area contributed by atoms with Crippen LogP contribution in [0.15, 0.2) is 5.11 Å². The molecule has 0 fully saturated rings. The average Bonchev–Trinajstić information content (AvgIpc) is 2.10. The first-order valence-corrected chi connectivity index (χ1v) is 3.87. The zero-order chi connectivity index (χ0) is 9.07. The van der Waals surface area contributed by atoms with Crippen molar-refractivity contribution >= 4 is 0 Å². The van der Waals surface area contributed by atoms with Gasteiger partial charge in [0.25, 0.3) is 0 Å². The van der Waals surface area contributed by atoms with Gasteiger partial charge in [-0.25, -0.2) is 0 Å². The summed E-state index contributed by atoms with van der Waals surface area (Å²) in [5.41, 5.74) is 11.5. The molecule has 0 amide bonds. The number of nitrogens with zero attached hydrogens (tertiary/aromatic N) is 3. The predicted molar refractivity (Wildman–Crippen MR) is 50.1 cm³/mol. The summed E-state index contributed by atoms with van der Waals surface area (Å²) < 4.78 is 10.2. The van der Waals surface area contributed by atoms with Crippen LogP contribution in [0, 0.1) is 0 Å². The van der Waals surface area contributed by atoms with E-state index in [1.807, 2.05) is 0 Å². The second kappa shape index (κ2) is 13.8. The topological polar surface area (TPSA) is 94.9 Å². The molecule has 3 N–H and O–H groups in total. The van der Waals surface area contributed by atoms with E-state index in [2.05, 4.69) is 15.8 Å². The molecule has 0 spiro atoms. The summed E-state index contributed by atoms with van der Waals surface area (Å²) in [7, 11) is 0. The zero-order valence-corrected chi connectivity index (χ0v) is 7.11. The maximum atomic E-state index is 7.91. The molecule has 0 aliphatic heterocycles. The molecule has 0 unspecified atom stereocenters. The first-order valence-electron chi connectivity index (χ1n) is 3.87. The molecule has 0 aliphatic rings. The lowest BCUT2D eigenvalue weighted by atomic mass is 10.7. The van der Waals surface area contributed by atoms with Gasteiger partial charge in [-0.05, 0) is 5.53 Å². The maximum Gasteiger partial charge on any atom is 0.0977 e. The third kappa shape index (κ3) is 14.1. The molecule has 6 nitrogen and oxygen atoms in total. The van der Waals surface area contributed by atoms with E-state index in [0.29, 0.717) is 33.0 Å². The van der Waals surface area contributed by atoms with Gasteiger partial charge in [0.05, 0.1) is 33.0 Å². The third-order valence-electron chi connectivity index (χ3n) is 1.06. The molecule has 0 rings (SSSR count). The number of hydrogen-bond donors (Lipinski definition) is 1. The van der Waals surface area contributed by atoms with Gasteiger partial charge in [0, 0.05) is 11.5 Å². The Kier molecular flexibility index (Phi) is 15.6. The van der Waals surface area contributed by atoms with Crippen LogP contribution in [0.1, 0.15) is 7.43 Å². The van der Waals surface area contributed by atoms with Crippen LogP contribution >= 0.6 is 0 Å². The Balaban J connectivity index is 0. The van der Waals surface area contributed by atoms with Gasteiger partial charge in [0.1, 0.15) is 0 Å². The second-order valence-electron chi connectivity index (χ2n) is 2.03. The third-order valence-corrected chi connectivity index (χ3v) is 1.06. The number of hydrogen-bond acceptors (Lipinski definition) is 3. The van der Waals surface area contributed by atoms with Crippen LogP contribution in [0.2, 0.25) is 0 Å². The van der Waals surface area contributed by atoms with Crippen LogP contribution in [0.5, 0.6) is 0 Å². The van der Waals surface area contributed by atoms with Gasteiger partial charge in [0.2, 0.25) is 0 Å². The Bertz CT molecular complexity index is 136. The fraction of sp³-hybridized carbons (Fsp3) is 1.00. The van der Waals surface area contributed by atoms with Crippen LogP contribution in [0.25, 0.3) is 10.4 Å². The Morgan fingerprint density at radius 1 is 1.15 bits per heavy atom. The van der Waals surface area contributed by atoms with Crippen molar-refractivity contribution in [2.24, 2.45) is 5.11 Å². The summed E-state index contributed by atoms with van der Waals surface area (Å²) in [5, 5.41) is 3.31. The maximum absolute atomic E-state index is 7.91. The number of azide groups is 1. The fourth-order valence-electron chi connectivity index (χ4n) is 0.574. The molecule has 13 heavy (non-hydrogen) atoms. The molecular formula is C7H19N4O2+. The Labute approximate surface area is 78.6 Å². The van der Waals surface area contributed by atoms with E-state index in [1.165, 1.54) is 0 Å². The summed E-state index contributed by atoms with van der Waals surface area (Å²) in [6.07, 6.45) is 0. The van der Waals surface area contributed by atoms with Crippen LogP contribution in [-0.4, -0.2) is 39.5 Å². The minimum absolute atomic E-state index is 0. The van der Waals surface area contributed by atoms with Crippen molar-refractivity contribution < 1.29 is 15.2 Å². The summed E-state index contributed by atoms with van der Waals surface area (Å²) in [4.78, 5) is 2.59. The number of rotatable bonds is 8. The Morgan fingerprint density at radius 2 is 1.77 bits per heavy atom. The standard InChI is InChI=1S/C6H14N4O2.CH4/c7-1-3-11-5-6-12-4-2-9-10-8;/h1-7H2;1H4/p+1. The van der Waals surface area contributed by atoms with Gasteiger partial charge in [-0.2, -0.15) is 0 Å². The minimum atomic E-state index is 0. The lowest BCUT2D eigenvalue weighted by Gasteiger charge is -2.01. The number of ether oxygens (including phenoxy) is 2.